The van der Waals surface area contributed by atoms with Gasteiger partial charge in [-0.25, -0.2) is 24.9 Å². The predicted octanol–water partition coefficient (Wildman–Crippen LogP) is 14.8. The lowest BCUT2D eigenvalue weighted by atomic mass is 9.98. The van der Waals surface area contributed by atoms with Crippen LogP contribution in [0.3, 0.4) is 0 Å². The maximum Gasteiger partial charge on any atom is 0.164 e. The highest BCUT2D eigenvalue weighted by Gasteiger charge is 2.16. The summed E-state index contributed by atoms with van der Waals surface area (Å²) in [5, 5.41) is 2.32. The highest BCUT2D eigenvalue weighted by Crippen LogP contribution is 2.35. The van der Waals surface area contributed by atoms with Gasteiger partial charge >= 0.3 is 0 Å². The Morgan fingerprint density at radius 3 is 1.16 bits per heavy atom. The monoisotopic (exact) mass is 817 g/mol. The van der Waals surface area contributed by atoms with Crippen LogP contribution in [0.4, 0.5) is 0 Å². The minimum atomic E-state index is 0.598. The molecule has 0 saturated carbocycles. The third kappa shape index (κ3) is 7.86. The Labute approximate surface area is 372 Å². The highest BCUT2D eigenvalue weighted by atomic mass is 15.0. The van der Waals surface area contributed by atoms with Gasteiger partial charge in [-0.2, -0.15) is 0 Å². The molecule has 0 radical (unpaired) electrons. The molecule has 0 spiro atoms. The van der Waals surface area contributed by atoms with E-state index in [1.807, 2.05) is 30.3 Å². The molecule has 0 fully saturated rings. The summed E-state index contributed by atoms with van der Waals surface area (Å²) in [6, 6.07) is 81.8. The van der Waals surface area contributed by atoms with E-state index in [0.717, 1.165) is 83.5 Å². The van der Waals surface area contributed by atoms with Crippen molar-refractivity contribution in [2.24, 2.45) is 0 Å². The van der Waals surface area contributed by atoms with Gasteiger partial charge in [0.2, 0.25) is 0 Å². The van der Waals surface area contributed by atoms with E-state index in [1.165, 1.54) is 5.39 Å². The second kappa shape index (κ2) is 17.0. The van der Waals surface area contributed by atoms with Crippen molar-refractivity contribution in [1.29, 1.82) is 0 Å². The fourth-order valence-electron chi connectivity index (χ4n) is 8.24. The molecule has 0 saturated heterocycles. The van der Waals surface area contributed by atoms with E-state index in [4.69, 9.17) is 24.9 Å². The molecule has 0 amide bonds. The quantitative estimate of drug-likeness (QED) is 0.145. The minimum Gasteiger partial charge on any atom is -0.228 e. The SMILES string of the molecule is c1ccc(-c2ccc(-c3nc(-c4ccc(-c5ccccc5)cc4)nc(-c4cccc(-c5cccc(-c6cc(-c7cccc8ccccc78)nc(-c7ccccc7)n6)c5)c4)n3)cc2)cc1. The summed E-state index contributed by atoms with van der Waals surface area (Å²) in [6.45, 7) is 0. The van der Waals surface area contributed by atoms with E-state index in [1.54, 1.807) is 0 Å². The van der Waals surface area contributed by atoms with E-state index in [0.29, 0.717) is 23.3 Å². The summed E-state index contributed by atoms with van der Waals surface area (Å²) in [5.41, 5.74) is 14.1. The average molecular weight is 818 g/mol. The second-order valence-corrected chi connectivity index (χ2v) is 15.7. The Kier molecular flexibility index (Phi) is 10.2. The van der Waals surface area contributed by atoms with E-state index < -0.39 is 0 Å². The summed E-state index contributed by atoms with van der Waals surface area (Å²) < 4.78 is 0. The van der Waals surface area contributed by atoms with Crippen LogP contribution in [0.25, 0.3) is 112 Å². The number of hydrogen-bond acceptors (Lipinski definition) is 5. The molecule has 300 valence electrons. The van der Waals surface area contributed by atoms with E-state index in [9.17, 15) is 0 Å². The van der Waals surface area contributed by atoms with Gasteiger partial charge in [0, 0.05) is 33.4 Å². The second-order valence-electron chi connectivity index (χ2n) is 15.7. The summed E-state index contributed by atoms with van der Waals surface area (Å²) in [4.78, 5) is 25.6. The average Bonchev–Trinajstić information content (AvgIpc) is 3.39. The van der Waals surface area contributed by atoms with Gasteiger partial charge in [0.15, 0.2) is 23.3 Å². The fraction of sp³-hybridized carbons (Fsp3) is 0. The van der Waals surface area contributed by atoms with Crippen LogP contribution in [0.5, 0.6) is 0 Å². The molecule has 0 aliphatic rings. The molecule has 2 heterocycles. The highest BCUT2D eigenvalue weighted by molar-refractivity contribution is 5.96. The van der Waals surface area contributed by atoms with Crippen molar-refractivity contribution >= 4 is 10.8 Å². The van der Waals surface area contributed by atoms with E-state index >= 15 is 0 Å². The largest absolute Gasteiger partial charge is 0.228 e. The van der Waals surface area contributed by atoms with E-state index in [-0.39, 0.29) is 0 Å². The van der Waals surface area contributed by atoms with Gasteiger partial charge in [0.25, 0.3) is 0 Å². The van der Waals surface area contributed by atoms with Crippen LogP contribution in [-0.4, -0.2) is 24.9 Å². The first kappa shape index (κ1) is 38.3. The topological polar surface area (TPSA) is 64.5 Å². The lowest BCUT2D eigenvalue weighted by Gasteiger charge is -2.12. The van der Waals surface area contributed by atoms with Crippen molar-refractivity contribution in [2.75, 3.05) is 0 Å². The molecule has 0 N–H and O–H groups in total. The Bertz CT molecular complexity index is 3300. The smallest absolute Gasteiger partial charge is 0.164 e. The Hall–Kier alpha value is -8.67. The molecule has 0 unspecified atom stereocenters. The Balaban J connectivity index is 0.987. The number of benzene rings is 9. The first-order chi connectivity index (χ1) is 31.7. The van der Waals surface area contributed by atoms with Gasteiger partial charge in [0.1, 0.15) is 0 Å². The van der Waals surface area contributed by atoms with Gasteiger partial charge in [-0.05, 0) is 62.4 Å². The molecule has 2 aromatic heterocycles. The van der Waals surface area contributed by atoms with Crippen molar-refractivity contribution in [3.05, 3.63) is 237 Å². The zero-order chi connectivity index (χ0) is 42.7. The van der Waals surface area contributed by atoms with Crippen LogP contribution < -0.4 is 0 Å². The van der Waals surface area contributed by atoms with Crippen LogP contribution in [0.1, 0.15) is 0 Å². The number of aromatic nitrogens is 5. The van der Waals surface area contributed by atoms with Crippen LogP contribution >= 0.6 is 0 Å². The molecule has 0 atom stereocenters. The summed E-state index contributed by atoms with van der Waals surface area (Å²) in [6.07, 6.45) is 0. The molecule has 5 nitrogen and oxygen atoms in total. The Morgan fingerprint density at radius 2 is 0.562 bits per heavy atom. The summed E-state index contributed by atoms with van der Waals surface area (Å²) in [7, 11) is 0. The summed E-state index contributed by atoms with van der Waals surface area (Å²) >= 11 is 0. The number of rotatable bonds is 9. The molecule has 11 rings (SSSR count). The zero-order valence-electron chi connectivity index (χ0n) is 34.8. The molecule has 9 aromatic carbocycles. The maximum absolute atomic E-state index is 5.16. The van der Waals surface area contributed by atoms with E-state index in [2.05, 4.69) is 206 Å². The van der Waals surface area contributed by atoms with Gasteiger partial charge in [-0.1, -0.05) is 218 Å². The molecule has 0 bridgehead atoms. The first-order valence-corrected chi connectivity index (χ1v) is 21.4. The zero-order valence-corrected chi connectivity index (χ0v) is 34.8. The molecular weight excluding hydrogens is 779 g/mol. The number of fused-ring (bicyclic) bond motifs is 1. The normalized spacial score (nSPS) is 11.1. The molecule has 64 heavy (non-hydrogen) atoms. The summed E-state index contributed by atoms with van der Waals surface area (Å²) in [5.74, 6) is 2.50. The van der Waals surface area contributed by atoms with Crippen molar-refractivity contribution in [1.82, 2.24) is 24.9 Å². The van der Waals surface area contributed by atoms with Gasteiger partial charge in [-0.15, -0.1) is 0 Å². The van der Waals surface area contributed by atoms with Crippen LogP contribution in [-0.2, 0) is 0 Å². The predicted molar refractivity (Wildman–Crippen MR) is 262 cm³/mol. The molecule has 5 heteroatoms. The van der Waals surface area contributed by atoms with Crippen molar-refractivity contribution in [3.63, 3.8) is 0 Å². The van der Waals surface area contributed by atoms with Gasteiger partial charge in [-0.3, -0.25) is 0 Å². The van der Waals surface area contributed by atoms with Crippen LogP contribution in [0.2, 0.25) is 0 Å². The first-order valence-electron chi connectivity index (χ1n) is 21.4. The fourth-order valence-corrected chi connectivity index (χ4v) is 8.24. The lowest BCUT2D eigenvalue weighted by Crippen LogP contribution is -2.00. The molecular formula is C59H39N5. The van der Waals surface area contributed by atoms with Crippen molar-refractivity contribution in [3.8, 4) is 101 Å². The van der Waals surface area contributed by atoms with Crippen LogP contribution in [0.15, 0.2) is 237 Å². The standard InChI is InChI=1S/C59H39N5/c1-4-15-40(16-5-1)42-29-33-46(34-30-42)57-62-58(47-35-31-43(32-36-47)41-17-6-2-7-18-41)64-59(63-57)51-26-13-24-49(38-51)48-23-12-25-50(37-48)54-39-55(61-56(60-54)45-20-8-3-9-21-45)53-28-14-22-44-19-10-11-27-52(44)53/h1-39H. The number of hydrogen-bond donors (Lipinski definition) is 0. The van der Waals surface area contributed by atoms with Crippen LogP contribution in [0, 0.1) is 0 Å². The maximum atomic E-state index is 5.16. The molecule has 0 aliphatic carbocycles. The Morgan fingerprint density at radius 1 is 0.203 bits per heavy atom. The van der Waals surface area contributed by atoms with Gasteiger partial charge in [0.05, 0.1) is 11.4 Å². The molecule has 11 aromatic rings. The molecule has 0 aliphatic heterocycles. The third-order valence-corrected chi connectivity index (χ3v) is 11.6. The number of nitrogens with zero attached hydrogens (tertiary/aromatic N) is 5. The lowest BCUT2D eigenvalue weighted by molar-refractivity contribution is 1.07. The van der Waals surface area contributed by atoms with Crippen molar-refractivity contribution < 1.29 is 0 Å². The minimum absolute atomic E-state index is 0.598. The van der Waals surface area contributed by atoms with Gasteiger partial charge < -0.3 is 0 Å². The third-order valence-electron chi connectivity index (χ3n) is 11.6. The van der Waals surface area contributed by atoms with Crippen molar-refractivity contribution in [2.45, 2.75) is 0 Å².